The molecular formula is C30H28N2O. The van der Waals surface area contributed by atoms with E-state index in [0.717, 1.165) is 17.7 Å². The number of aliphatic hydroxyl groups excluding tert-OH is 1. The van der Waals surface area contributed by atoms with Gasteiger partial charge in [0.1, 0.15) is 0 Å². The third kappa shape index (κ3) is 4.13. The molecular weight excluding hydrogens is 404 g/mol. The third-order valence-electron chi connectivity index (χ3n) is 6.58. The van der Waals surface area contributed by atoms with Gasteiger partial charge in [-0.3, -0.25) is 9.88 Å². The Labute approximate surface area is 195 Å². The van der Waals surface area contributed by atoms with Gasteiger partial charge in [0.05, 0.1) is 11.6 Å². The van der Waals surface area contributed by atoms with Gasteiger partial charge in [-0.15, -0.1) is 0 Å². The van der Waals surface area contributed by atoms with Crippen LogP contribution in [-0.4, -0.2) is 34.2 Å². The Kier molecular flexibility index (Phi) is 6.16. The Balaban J connectivity index is 1.70. The van der Waals surface area contributed by atoms with Crippen LogP contribution in [0.3, 0.4) is 0 Å². The zero-order valence-electron chi connectivity index (χ0n) is 18.6. The molecule has 1 aromatic heterocycles. The molecule has 0 amide bonds. The Morgan fingerprint density at radius 1 is 0.727 bits per heavy atom. The first-order chi connectivity index (χ1) is 16.3. The fraction of sp³-hybridized carbons (Fsp3) is 0.167. The fourth-order valence-corrected chi connectivity index (χ4v) is 5.06. The lowest BCUT2D eigenvalue weighted by atomic mass is 9.74. The van der Waals surface area contributed by atoms with Crippen molar-refractivity contribution in [2.45, 2.75) is 18.1 Å². The van der Waals surface area contributed by atoms with Gasteiger partial charge in [-0.05, 0) is 46.4 Å². The van der Waals surface area contributed by atoms with Crippen LogP contribution in [0, 0.1) is 0 Å². The highest BCUT2D eigenvalue weighted by atomic mass is 16.3. The zero-order valence-corrected chi connectivity index (χ0v) is 18.6. The van der Waals surface area contributed by atoms with Crippen LogP contribution in [0.25, 0.3) is 6.08 Å². The molecule has 0 bridgehead atoms. The molecule has 1 atom stereocenters. The highest BCUT2D eigenvalue weighted by Gasteiger charge is 2.44. The maximum absolute atomic E-state index is 10.9. The molecule has 3 heteroatoms. The number of hydrogen-bond donors (Lipinski definition) is 1. The van der Waals surface area contributed by atoms with Crippen LogP contribution in [-0.2, 0) is 5.54 Å². The summed E-state index contributed by atoms with van der Waals surface area (Å²) in [6.07, 6.45) is 5.94. The van der Waals surface area contributed by atoms with E-state index < -0.39 is 11.6 Å². The number of hydrogen-bond acceptors (Lipinski definition) is 3. The molecule has 2 heterocycles. The normalized spacial score (nSPS) is 18.3. The number of aliphatic hydroxyl groups is 1. The van der Waals surface area contributed by atoms with E-state index in [9.17, 15) is 5.11 Å². The fourth-order valence-electron chi connectivity index (χ4n) is 5.06. The largest absolute Gasteiger partial charge is 0.389 e. The second-order valence-corrected chi connectivity index (χ2v) is 8.53. The summed E-state index contributed by atoms with van der Waals surface area (Å²) in [6.45, 7) is 1.45. The number of pyridine rings is 1. The molecule has 1 aliphatic rings. The van der Waals surface area contributed by atoms with Gasteiger partial charge in [0.15, 0.2) is 0 Å². The lowest BCUT2D eigenvalue weighted by Gasteiger charge is -2.48. The molecule has 0 aliphatic carbocycles. The molecule has 1 saturated heterocycles. The first-order valence-corrected chi connectivity index (χ1v) is 11.5. The number of benzene rings is 3. The number of nitrogens with zero attached hydrogens (tertiary/aromatic N) is 2. The smallest absolute Gasteiger partial charge is 0.0975 e. The van der Waals surface area contributed by atoms with Crippen molar-refractivity contribution in [2.24, 2.45) is 0 Å². The van der Waals surface area contributed by atoms with Gasteiger partial charge in [-0.25, -0.2) is 0 Å². The van der Waals surface area contributed by atoms with Crippen LogP contribution in [0.5, 0.6) is 0 Å². The second kappa shape index (κ2) is 9.53. The van der Waals surface area contributed by atoms with E-state index >= 15 is 0 Å². The van der Waals surface area contributed by atoms with Crippen molar-refractivity contribution >= 4 is 6.08 Å². The number of piperidine rings is 1. The number of rotatable bonds is 5. The van der Waals surface area contributed by atoms with Crippen molar-refractivity contribution in [3.63, 3.8) is 0 Å². The lowest BCUT2D eigenvalue weighted by Crippen LogP contribution is -2.52. The standard InChI is InChI=1S/C30H28N2O/c33-29-18-21-32(23-25(29)22-24-16-19-31-20-17-24)30(26-10-4-1-5-11-26,27-12-6-2-7-13-27)28-14-8-3-9-15-28/h1-17,19-20,22,29,33H,18,21,23H2/b25-22-. The first-order valence-electron chi connectivity index (χ1n) is 11.5. The average Bonchev–Trinajstić information content (AvgIpc) is 2.89. The Morgan fingerprint density at radius 2 is 1.21 bits per heavy atom. The van der Waals surface area contributed by atoms with Gasteiger partial charge in [-0.1, -0.05) is 97.1 Å². The predicted octanol–water partition coefficient (Wildman–Crippen LogP) is 5.52. The molecule has 33 heavy (non-hydrogen) atoms. The van der Waals surface area contributed by atoms with Crippen LogP contribution < -0.4 is 0 Å². The van der Waals surface area contributed by atoms with Crippen LogP contribution in [0.15, 0.2) is 121 Å². The van der Waals surface area contributed by atoms with Crippen LogP contribution in [0.4, 0.5) is 0 Å². The van der Waals surface area contributed by atoms with Gasteiger partial charge < -0.3 is 5.11 Å². The van der Waals surface area contributed by atoms with Gasteiger partial charge in [0.25, 0.3) is 0 Å². The summed E-state index contributed by atoms with van der Waals surface area (Å²) in [5.74, 6) is 0. The van der Waals surface area contributed by atoms with Crippen molar-refractivity contribution in [1.29, 1.82) is 0 Å². The van der Waals surface area contributed by atoms with Gasteiger partial charge in [0.2, 0.25) is 0 Å². The van der Waals surface area contributed by atoms with Crippen molar-refractivity contribution in [3.8, 4) is 0 Å². The molecule has 0 radical (unpaired) electrons. The topological polar surface area (TPSA) is 36.4 Å². The molecule has 1 fully saturated rings. The molecule has 0 saturated carbocycles. The van der Waals surface area contributed by atoms with E-state index in [-0.39, 0.29) is 0 Å². The van der Waals surface area contributed by atoms with E-state index in [4.69, 9.17) is 0 Å². The van der Waals surface area contributed by atoms with Crippen molar-refractivity contribution < 1.29 is 5.11 Å². The molecule has 3 nitrogen and oxygen atoms in total. The summed E-state index contributed by atoms with van der Waals surface area (Å²) in [6, 6.07) is 36.2. The lowest BCUT2D eigenvalue weighted by molar-refractivity contribution is 0.0872. The van der Waals surface area contributed by atoms with E-state index in [1.807, 2.05) is 12.1 Å². The van der Waals surface area contributed by atoms with E-state index in [1.54, 1.807) is 12.4 Å². The Bertz CT molecular complexity index is 1090. The first kappa shape index (κ1) is 21.3. The predicted molar refractivity (Wildman–Crippen MR) is 134 cm³/mol. The quantitative estimate of drug-likeness (QED) is 0.422. The zero-order chi connectivity index (χ0) is 22.5. The maximum Gasteiger partial charge on any atom is 0.0975 e. The Hall–Kier alpha value is -3.53. The molecule has 3 aromatic carbocycles. The highest BCUT2D eigenvalue weighted by Crippen LogP contribution is 2.44. The maximum atomic E-state index is 10.9. The molecule has 1 unspecified atom stereocenters. The van der Waals surface area contributed by atoms with Crippen molar-refractivity contribution in [2.75, 3.05) is 13.1 Å². The van der Waals surface area contributed by atoms with E-state index in [1.165, 1.54) is 16.7 Å². The van der Waals surface area contributed by atoms with E-state index in [0.29, 0.717) is 13.0 Å². The third-order valence-corrected chi connectivity index (χ3v) is 6.58. The monoisotopic (exact) mass is 432 g/mol. The van der Waals surface area contributed by atoms with E-state index in [2.05, 4.69) is 107 Å². The minimum Gasteiger partial charge on any atom is -0.389 e. The van der Waals surface area contributed by atoms with Gasteiger partial charge >= 0.3 is 0 Å². The summed E-state index contributed by atoms with van der Waals surface area (Å²) in [5, 5.41) is 10.9. The molecule has 0 spiro atoms. The van der Waals surface area contributed by atoms with Crippen LogP contribution >= 0.6 is 0 Å². The minimum atomic E-state index is -0.471. The van der Waals surface area contributed by atoms with Crippen LogP contribution in [0.2, 0.25) is 0 Å². The average molecular weight is 433 g/mol. The molecule has 164 valence electrons. The van der Waals surface area contributed by atoms with Crippen molar-refractivity contribution in [3.05, 3.63) is 143 Å². The molecule has 5 rings (SSSR count). The SMILES string of the molecule is OC1CCN(C(c2ccccc2)(c2ccccc2)c2ccccc2)C/C1=C/c1ccncc1. The highest BCUT2D eigenvalue weighted by molar-refractivity contribution is 5.55. The number of likely N-dealkylation sites (tertiary alicyclic amines) is 1. The second-order valence-electron chi connectivity index (χ2n) is 8.53. The number of aromatic nitrogens is 1. The molecule has 4 aromatic rings. The summed E-state index contributed by atoms with van der Waals surface area (Å²) in [7, 11) is 0. The van der Waals surface area contributed by atoms with Crippen molar-refractivity contribution in [1.82, 2.24) is 9.88 Å². The molecule has 1 aliphatic heterocycles. The summed E-state index contributed by atoms with van der Waals surface area (Å²) in [5.41, 5.74) is 5.29. The van der Waals surface area contributed by atoms with Gasteiger partial charge in [-0.2, -0.15) is 0 Å². The summed E-state index contributed by atoms with van der Waals surface area (Å²) in [4.78, 5) is 6.65. The minimum absolute atomic E-state index is 0.450. The summed E-state index contributed by atoms with van der Waals surface area (Å²) >= 11 is 0. The van der Waals surface area contributed by atoms with Crippen LogP contribution in [0.1, 0.15) is 28.7 Å². The molecule has 1 N–H and O–H groups in total. The van der Waals surface area contributed by atoms with Gasteiger partial charge in [0, 0.05) is 25.5 Å². The Morgan fingerprint density at radius 3 is 1.70 bits per heavy atom. The summed E-state index contributed by atoms with van der Waals surface area (Å²) < 4.78 is 0.